The molecule has 0 saturated carbocycles. The molecule has 1 aliphatic rings. The Bertz CT molecular complexity index is 537. The van der Waals surface area contributed by atoms with Crippen LogP contribution in [0.4, 0.5) is 5.69 Å². The molecule has 20 heavy (non-hydrogen) atoms. The molecule has 0 amide bonds. The molecule has 0 unspecified atom stereocenters. The van der Waals surface area contributed by atoms with Crippen molar-refractivity contribution in [3.8, 4) is 5.75 Å². The predicted molar refractivity (Wildman–Crippen MR) is 80.7 cm³/mol. The second-order valence-electron chi connectivity index (χ2n) is 4.95. The van der Waals surface area contributed by atoms with E-state index in [1.807, 2.05) is 24.3 Å². The van der Waals surface area contributed by atoms with Gasteiger partial charge in [-0.25, -0.2) is 12.7 Å². The van der Waals surface area contributed by atoms with Crippen LogP contribution in [0.15, 0.2) is 24.3 Å². The first-order valence-corrected chi connectivity index (χ1v) is 8.54. The molecule has 112 valence electrons. The summed E-state index contributed by atoms with van der Waals surface area (Å²) in [6, 6.07) is 8.11. The molecule has 0 aliphatic carbocycles. The molecule has 1 aromatic carbocycles. The lowest BCUT2D eigenvalue weighted by Gasteiger charge is -2.31. The average molecular weight is 298 g/mol. The molecule has 1 heterocycles. The SMILES string of the molecule is CCS(=O)(=O)N1CCC(Nc2cccc(OC)c2)CC1. The average Bonchev–Trinajstić information content (AvgIpc) is 2.48. The van der Waals surface area contributed by atoms with Crippen LogP contribution in [0.2, 0.25) is 0 Å². The van der Waals surface area contributed by atoms with Crippen molar-refractivity contribution < 1.29 is 13.2 Å². The number of benzene rings is 1. The second-order valence-corrected chi connectivity index (χ2v) is 7.21. The number of hydrogen-bond acceptors (Lipinski definition) is 4. The third kappa shape index (κ3) is 3.64. The van der Waals surface area contributed by atoms with Crippen molar-refractivity contribution in [2.45, 2.75) is 25.8 Å². The van der Waals surface area contributed by atoms with E-state index in [1.165, 1.54) is 0 Å². The van der Waals surface area contributed by atoms with E-state index in [9.17, 15) is 8.42 Å². The molecule has 0 aromatic heterocycles. The summed E-state index contributed by atoms with van der Waals surface area (Å²) in [5.74, 6) is 1.00. The fourth-order valence-electron chi connectivity index (χ4n) is 2.41. The predicted octanol–water partition coefficient (Wildman–Crippen LogP) is 1.92. The fourth-order valence-corrected chi connectivity index (χ4v) is 3.54. The van der Waals surface area contributed by atoms with Gasteiger partial charge in [0.25, 0.3) is 0 Å². The monoisotopic (exact) mass is 298 g/mol. The van der Waals surface area contributed by atoms with E-state index in [4.69, 9.17) is 4.74 Å². The number of rotatable bonds is 5. The quantitative estimate of drug-likeness (QED) is 0.902. The number of methoxy groups -OCH3 is 1. The minimum Gasteiger partial charge on any atom is -0.497 e. The first-order chi connectivity index (χ1) is 9.55. The smallest absolute Gasteiger partial charge is 0.213 e. The van der Waals surface area contributed by atoms with Crippen molar-refractivity contribution in [3.05, 3.63) is 24.3 Å². The number of hydrogen-bond donors (Lipinski definition) is 1. The van der Waals surface area contributed by atoms with Gasteiger partial charge in [0.2, 0.25) is 10.0 Å². The van der Waals surface area contributed by atoms with Crippen LogP contribution in [0.5, 0.6) is 5.75 Å². The van der Waals surface area contributed by atoms with Crippen molar-refractivity contribution >= 4 is 15.7 Å². The summed E-state index contributed by atoms with van der Waals surface area (Å²) in [6.07, 6.45) is 1.66. The Kier molecular flexibility index (Phi) is 4.88. The minimum atomic E-state index is -3.04. The van der Waals surface area contributed by atoms with Gasteiger partial charge in [0.05, 0.1) is 12.9 Å². The van der Waals surface area contributed by atoms with Crippen molar-refractivity contribution in [3.63, 3.8) is 0 Å². The summed E-state index contributed by atoms with van der Waals surface area (Å²) in [4.78, 5) is 0. The number of nitrogens with zero attached hydrogens (tertiary/aromatic N) is 1. The Morgan fingerprint density at radius 2 is 2.05 bits per heavy atom. The van der Waals surface area contributed by atoms with Gasteiger partial charge in [-0.15, -0.1) is 0 Å². The Hall–Kier alpha value is -1.27. The lowest BCUT2D eigenvalue weighted by molar-refractivity contribution is 0.330. The summed E-state index contributed by atoms with van der Waals surface area (Å²) < 4.78 is 30.4. The summed E-state index contributed by atoms with van der Waals surface area (Å²) in [7, 11) is -1.40. The van der Waals surface area contributed by atoms with Crippen LogP contribution in [0.1, 0.15) is 19.8 Å². The Morgan fingerprint density at radius 1 is 1.35 bits per heavy atom. The van der Waals surface area contributed by atoms with Crippen LogP contribution in [0, 0.1) is 0 Å². The maximum atomic E-state index is 11.8. The number of sulfonamides is 1. The van der Waals surface area contributed by atoms with Gasteiger partial charge < -0.3 is 10.1 Å². The molecule has 2 rings (SSSR count). The van der Waals surface area contributed by atoms with Gasteiger partial charge in [0, 0.05) is 30.9 Å². The van der Waals surface area contributed by atoms with Crippen LogP contribution in [0.3, 0.4) is 0 Å². The molecule has 0 radical (unpaired) electrons. The molecule has 0 spiro atoms. The summed E-state index contributed by atoms with van der Waals surface area (Å²) in [5.41, 5.74) is 1.01. The van der Waals surface area contributed by atoms with Gasteiger partial charge >= 0.3 is 0 Å². The highest BCUT2D eigenvalue weighted by atomic mass is 32.2. The zero-order chi connectivity index (χ0) is 14.6. The van der Waals surface area contributed by atoms with E-state index in [0.717, 1.165) is 24.3 Å². The molecule has 1 saturated heterocycles. The molecule has 6 heteroatoms. The van der Waals surface area contributed by atoms with Gasteiger partial charge in [0.15, 0.2) is 0 Å². The van der Waals surface area contributed by atoms with E-state index in [2.05, 4.69) is 5.32 Å². The number of ether oxygens (including phenoxy) is 1. The molecule has 1 aliphatic heterocycles. The van der Waals surface area contributed by atoms with E-state index >= 15 is 0 Å². The Balaban J connectivity index is 1.91. The van der Waals surface area contributed by atoms with Crippen LogP contribution in [0.25, 0.3) is 0 Å². The lowest BCUT2D eigenvalue weighted by atomic mass is 10.1. The number of anilines is 1. The van der Waals surface area contributed by atoms with Crippen molar-refractivity contribution in [2.75, 3.05) is 31.3 Å². The van der Waals surface area contributed by atoms with E-state index in [0.29, 0.717) is 19.1 Å². The van der Waals surface area contributed by atoms with E-state index in [-0.39, 0.29) is 5.75 Å². The van der Waals surface area contributed by atoms with E-state index in [1.54, 1.807) is 18.3 Å². The highest BCUT2D eigenvalue weighted by molar-refractivity contribution is 7.89. The van der Waals surface area contributed by atoms with Gasteiger partial charge in [-0.05, 0) is 31.9 Å². The molecule has 1 fully saturated rings. The van der Waals surface area contributed by atoms with Gasteiger partial charge in [0.1, 0.15) is 5.75 Å². The van der Waals surface area contributed by atoms with Gasteiger partial charge in [-0.1, -0.05) is 6.07 Å². The Morgan fingerprint density at radius 3 is 2.65 bits per heavy atom. The molecule has 5 nitrogen and oxygen atoms in total. The first kappa shape index (κ1) is 15.1. The normalized spacial score (nSPS) is 17.9. The first-order valence-electron chi connectivity index (χ1n) is 6.93. The molecule has 1 N–H and O–H groups in total. The molecular formula is C14H22N2O3S. The largest absolute Gasteiger partial charge is 0.497 e. The van der Waals surface area contributed by atoms with Crippen LogP contribution >= 0.6 is 0 Å². The van der Waals surface area contributed by atoms with Gasteiger partial charge in [-0.2, -0.15) is 0 Å². The molecular weight excluding hydrogens is 276 g/mol. The van der Waals surface area contributed by atoms with Crippen LogP contribution in [-0.4, -0.2) is 44.7 Å². The topological polar surface area (TPSA) is 58.6 Å². The maximum absolute atomic E-state index is 11.8. The standard InChI is InChI=1S/C14H22N2O3S/c1-3-20(17,18)16-9-7-12(8-10-16)15-13-5-4-6-14(11-13)19-2/h4-6,11-12,15H,3,7-10H2,1-2H3. The zero-order valence-electron chi connectivity index (χ0n) is 12.0. The van der Waals surface area contributed by atoms with Crippen LogP contribution in [-0.2, 0) is 10.0 Å². The third-order valence-electron chi connectivity index (χ3n) is 3.65. The summed E-state index contributed by atoms with van der Waals surface area (Å²) in [5, 5.41) is 3.44. The summed E-state index contributed by atoms with van der Waals surface area (Å²) >= 11 is 0. The third-order valence-corrected chi connectivity index (χ3v) is 5.53. The number of nitrogens with one attached hydrogen (secondary N) is 1. The molecule has 0 bridgehead atoms. The number of piperidine rings is 1. The van der Waals surface area contributed by atoms with Crippen LogP contribution < -0.4 is 10.1 Å². The second kappa shape index (κ2) is 6.45. The Labute approximate surface area is 121 Å². The fraction of sp³-hybridized carbons (Fsp3) is 0.571. The van der Waals surface area contributed by atoms with Crippen molar-refractivity contribution in [2.24, 2.45) is 0 Å². The maximum Gasteiger partial charge on any atom is 0.213 e. The van der Waals surface area contributed by atoms with E-state index < -0.39 is 10.0 Å². The lowest BCUT2D eigenvalue weighted by Crippen LogP contribution is -2.42. The highest BCUT2D eigenvalue weighted by Crippen LogP contribution is 2.21. The molecule has 0 atom stereocenters. The molecule has 1 aromatic rings. The zero-order valence-corrected chi connectivity index (χ0v) is 12.8. The van der Waals surface area contributed by atoms with Crippen molar-refractivity contribution in [1.82, 2.24) is 4.31 Å². The van der Waals surface area contributed by atoms with Crippen molar-refractivity contribution in [1.29, 1.82) is 0 Å². The highest BCUT2D eigenvalue weighted by Gasteiger charge is 2.26. The summed E-state index contributed by atoms with van der Waals surface area (Å²) in [6.45, 7) is 2.88. The minimum absolute atomic E-state index is 0.182. The van der Waals surface area contributed by atoms with Gasteiger partial charge in [-0.3, -0.25) is 0 Å².